The molecule has 0 amide bonds. The Hall–Kier alpha value is -2.74. The van der Waals surface area contributed by atoms with Crippen molar-refractivity contribution in [3.05, 3.63) is 46.3 Å². The molecule has 0 saturated carbocycles. The van der Waals surface area contributed by atoms with Crippen LogP contribution in [0.1, 0.15) is 18.9 Å². The lowest BCUT2D eigenvalue weighted by Gasteiger charge is -2.08. The average molecular weight is 288 g/mol. The van der Waals surface area contributed by atoms with Crippen LogP contribution in [0.3, 0.4) is 0 Å². The maximum Gasteiger partial charge on any atom is 0.354 e. The van der Waals surface area contributed by atoms with Crippen LogP contribution in [0.15, 0.2) is 30.6 Å². The normalized spacial score (nSPS) is 10.2. The van der Waals surface area contributed by atoms with Gasteiger partial charge in [0.05, 0.1) is 4.92 Å². The molecule has 0 aliphatic carbocycles. The number of benzene rings is 1. The summed E-state index contributed by atoms with van der Waals surface area (Å²) >= 11 is 0. The summed E-state index contributed by atoms with van der Waals surface area (Å²) in [6.07, 6.45) is 3.26. The predicted molar refractivity (Wildman–Crippen MR) is 80.2 cm³/mol. The van der Waals surface area contributed by atoms with Gasteiger partial charge in [-0.25, -0.2) is 15.8 Å². The summed E-state index contributed by atoms with van der Waals surface area (Å²) in [7, 11) is 0. The van der Waals surface area contributed by atoms with Gasteiger partial charge in [-0.05, 0) is 24.1 Å². The van der Waals surface area contributed by atoms with Crippen molar-refractivity contribution in [1.82, 2.24) is 9.97 Å². The summed E-state index contributed by atoms with van der Waals surface area (Å²) in [4.78, 5) is 18.2. The first-order chi connectivity index (χ1) is 10.2. The maximum atomic E-state index is 11.1. The summed E-state index contributed by atoms with van der Waals surface area (Å²) in [5.41, 5.74) is 3.82. The molecule has 8 heteroatoms. The summed E-state index contributed by atoms with van der Waals surface area (Å²) in [6.45, 7) is 2.11. The van der Waals surface area contributed by atoms with Crippen LogP contribution in [-0.4, -0.2) is 14.9 Å². The predicted octanol–water partition coefficient (Wildman–Crippen LogP) is 2.37. The van der Waals surface area contributed by atoms with E-state index in [1.165, 1.54) is 11.9 Å². The molecule has 1 aromatic carbocycles. The van der Waals surface area contributed by atoms with Gasteiger partial charge in [0.2, 0.25) is 11.6 Å². The van der Waals surface area contributed by atoms with Crippen molar-refractivity contribution in [2.45, 2.75) is 19.8 Å². The molecule has 8 nitrogen and oxygen atoms in total. The zero-order chi connectivity index (χ0) is 15.2. The number of nitrogens with two attached hydrogens (primary N) is 1. The number of anilines is 3. The van der Waals surface area contributed by atoms with Gasteiger partial charge in [-0.3, -0.25) is 10.1 Å². The van der Waals surface area contributed by atoms with Crippen molar-refractivity contribution in [2.24, 2.45) is 5.84 Å². The third-order valence-corrected chi connectivity index (χ3v) is 2.90. The van der Waals surface area contributed by atoms with E-state index >= 15 is 0 Å². The van der Waals surface area contributed by atoms with Crippen LogP contribution in [0.4, 0.5) is 23.0 Å². The second-order valence-corrected chi connectivity index (χ2v) is 4.39. The van der Waals surface area contributed by atoms with Crippen molar-refractivity contribution in [1.29, 1.82) is 0 Å². The molecule has 0 bridgehead atoms. The average Bonchev–Trinajstić information content (AvgIpc) is 2.49. The SMILES string of the molecule is CCCc1ccc(Nc2ncnc(NN)c2[N+](=O)[O-])cc1. The number of hydrogen-bond acceptors (Lipinski definition) is 7. The molecule has 0 saturated heterocycles. The fourth-order valence-electron chi connectivity index (χ4n) is 1.93. The highest BCUT2D eigenvalue weighted by atomic mass is 16.6. The number of rotatable bonds is 6. The van der Waals surface area contributed by atoms with E-state index in [2.05, 4.69) is 27.6 Å². The molecule has 0 aliphatic rings. The van der Waals surface area contributed by atoms with Gasteiger partial charge < -0.3 is 10.7 Å². The number of nitrogens with zero attached hydrogens (tertiary/aromatic N) is 3. The van der Waals surface area contributed by atoms with Crippen LogP contribution in [0, 0.1) is 10.1 Å². The minimum atomic E-state index is -0.580. The zero-order valence-electron chi connectivity index (χ0n) is 11.5. The monoisotopic (exact) mass is 288 g/mol. The lowest BCUT2D eigenvalue weighted by atomic mass is 10.1. The summed E-state index contributed by atoms with van der Waals surface area (Å²) in [5, 5.41) is 14.0. The molecule has 0 atom stereocenters. The number of hydrogen-bond donors (Lipinski definition) is 3. The minimum absolute atomic E-state index is 0.0416. The van der Waals surface area contributed by atoms with Gasteiger partial charge in [-0.2, -0.15) is 0 Å². The Kier molecular flexibility index (Phi) is 4.62. The van der Waals surface area contributed by atoms with Crippen LogP contribution in [0.5, 0.6) is 0 Å². The number of aryl methyl sites for hydroxylation is 1. The molecule has 110 valence electrons. The Labute approximate surface area is 121 Å². The Morgan fingerprint density at radius 2 is 1.90 bits per heavy atom. The van der Waals surface area contributed by atoms with E-state index < -0.39 is 4.92 Å². The van der Waals surface area contributed by atoms with Crippen molar-refractivity contribution in [3.63, 3.8) is 0 Å². The van der Waals surface area contributed by atoms with Crippen molar-refractivity contribution in [2.75, 3.05) is 10.7 Å². The number of nitrogen functional groups attached to an aromatic ring is 1. The topological polar surface area (TPSA) is 119 Å². The lowest BCUT2D eigenvalue weighted by Crippen LogP contribution is -2.12. The van der Waals surface area contributed by atoms with Gasteiger partial charge in [0.25, 0.3) is 0 Å². The van der Waals surface area contributed by atoms with Gasteiger partial charge in [0.15, 0.2) is 0 Å². The van der Waals surface area contributed by atoms with Crippen molar-refractivity contribution < 1.29 is 4.92 Å². The van der Waals surface area contributed by atoms with Crippen LogP contribution in [0.2, 0.25) is 0 Å². The Balaban J connectivity index is 2.28. The summed E-state index contributed by atoms with van der Waals surface area (Å²) in [6, 6.07) is 7.65. The summed E-state index contributed by atoms with van der Waals surface area (Å²) in [5.74, 6) is 5.28. The number of hydrazine groups is 1. The quantitative estimate of drug-likeness (QED) is 0.424. The largest absolute Gasteiger partial charge is 0.354 e. The Morgan fingerprint density at radius 1 is 1.24 bits per heavy atom. The molecule has 1 heterocycles. The van der Waals surface area contributed by atoms with E-state index in [1.54, 1.807) is 0 Å². The molecular weight excluding hydrogens is 272 g/mol. The van der Waals surface area contributed by atoms with Crippen LogP contribution < -0.4 is 16.6 Å². The first-order valence-electron chi connectivity index (χ1n) is 6.47. The Morgan fingerprint density at radius 3 is 2.48 bits per heavy atom. The van der Waals surface area contributed by atoms with E-state index in [0.717, 1.165) is 12.8 Å². The molecule has 0 spiro atoms. The molecule has 1 aromatic heterocycles. The molecule has 2 aromatic rings. The highest BCUT2D eigenvalue weighted by Gasteiger charge is 2.22. The summed E-state index contributed by atoms with van der Waals surface area (Å²) < 4.78 is 0. The van der Waals surface area contributed by atoms with Crippen molar-refractivity contribution >= 4 is 23.0 Å². The van der Waals surface area contributed by atoms with Gasteiger partial charge in [0, 0.05) is 5.69 Å². The first-order valence-corrected chi connectivity index (χ1v) is 6.47. The second kappa shape index (κ2) is 6.62. The van der Waals surface area contributed by atoms with Crippen LogP contribution in [0.25, 0.3) is 0 Å². The fourth-order valence-corrected chi connectivity index (χ4v) is 1.93. The van der Waals surface area contributed by atoms with E-state index in [9.17, 15) is 10.1 Å². The first kappa shape index (κ1) is 14.7. The van der Waals surface area contributed by atoms with Gasteiger partial charge in [0.1, 0.15) is 6.33 Å². The van der Waals surface area contributed by atoms with E-state index in [-0.39, 0.29) is 17.3 Å². The highest BCUT2D eigenvalue weighted by Crippen LogP contribution is 2.30. The van der Waals surface area contributed by atoms with Crippen LogP contribution >= 0.6 is 0 Å². The lowest BCUT2D eigenvalue weighted by molar-refractivity contribution is -0.383. The third-order valence-electron chi connectivity index (χ3n) is 2.90. The molecule has 2 rings (SSSR count). The van der Waals surface area contributed by atoms with E-state index in [4.69, 9.17) is 5.84 Å². The smallest absolute Gasteiger partial charge is 0.334 e. The second-order valence-electron chi connectivity index (χ2n) is 4.39. The number of nitrogens with one attached hydrogen (secondary N) is 2. The fraction of sp³-hybridized carbons (Fsp3) is 0.231. The number of nitro groups is 1. The molecular formula is C13H16N6O2. The third kappa shape index (κ3) is 3.42. The minimum Gasteiger partial charge on any atom is -0.334 e. The highest BCUT2D eigenvalue weighted by molar-refractivity contribution is 5.73. The van der Waals surface area contributed by atoms with E-state index in [0.29, 0.717) is 5.69 Å². The number of aromatic nitrogens is 2. The van der Waals surface area contributed by atoms with E-state index in [1.807, 2.05) is 24.3 Å². The molecule has 0 aliphatic heterocycles. The molecule has 4 N–H and O–H groups in total. The zero-order valence-corrected chi connectivity index (χ0v) is 11.5. The molecule has 0 radical (unpaired) electrons. The van der Waals surface area contributed by atoms with Gasteiger partial charge in [-0.15, -0.1) is 0 Å². The molecule has 0 fully saturated rings. The standard InChI is InChI=1S/C13H16N6O2/c1-2-3-9-4-6-10(7-5-9)17-12-11(19(20)21)13(18-14)16-8-15-12/h4-8H,2-3,14H2,1H3,(H2,15,16,17,18). The van der Waals surface area contributed by atoms with Gasteiger partial charge in [-0.1, -0.05) is 25.5 Å². The van der Waals surface area contributed by atoms with Crippen molar-refractivity contribution in [3.8, 4) is 0 Å². The molecule has 21 heavy (non-hydrogen) atoms. The molecule has 0 unspecified atom stereocenters. The Bertz CT molecular complexity index is 629. The van der Waals surface area contributed by atoms with Crippen LogP contribution in [-0.2, 0) is 6.42 Å². The van der Waals surface area contributed by atoms with Gasteiger partial charge >= 0.3 is 5.69 Å². The maximum absolute atomic E-state index is 11.1.